The molecule has 1 fully saturated rings. The summed E-state index contributed by atoms with van der Waals surface area (Å²) in [5.41, 5.74) is 7.59. The molecule has 3 aromatic carbocycles. The number of halogens is 3. The van der Waals surface area contributed by atoms with Gasteiger partial charge in [-0.05, 0) is 91.1 Å². The van der Waals surface area contributed by atoms with Crippen LogP contribution >= 0.6 is 0 Å². The van der Waals surface area contributed by atoms with E-state index in [4.69, 9.17) is 14.6 Å². The number of fused-ring (bicyclic) bond motifs is 2. The van der Waals surface area contributed by atoms with Crippen molar-refractivity contribution in [1.29, 1.82) is 0 Å². The van der Waals surface area contributed by atoms with Gasteiger partial charge < -0.3 is 14.5 Å². The van der Waals surface area contributed by atoms with Crippen LogP contribution in [0.25, 0.3) is 22.6 Å². The molecule has 0 spiro atoms. The van der Waals surface area contributed by atoms with Crippen LogP contribution in [0, 0.1) is 12.3 Å². The number of aromatic amines is 1. The number of allylic oxidation sites excluding steroid dienone is 1. The topological polar surface area (TPSA) is 52.1 Å². The highest BCUT2D eigenvalue weighted by Gasteiger charge is 2.46. The summed E-state index contributed by atoms with van der Waals surface area (Å²) < 4.78 is 55.4. The number of benzene rings is 3. The number of methoxy groups -OCH3 is 1. The van der Waals surface area contributed by atoms with E-state index in [1.807, 2.05) is 22.9 Å². The highest BCUT2D eigenvalue weighted by atomic mass is 19.4. The Morgan fingerprint density at radius 2 is 1.79 bits per heavy atom. The standard InChI is InChI=1S/C39H40F3N3O2/c1-24-28-14-8-9-16-31(28)43-36(24)37(2,3)34-21-32(45(44-34)23-46-5)33-22-38(4,17-18-47-33)35-29-15-7-6-11-26(29)20-30(35)25-12-10-13-27(19-25)39(40,41)42/h6-16,19-21,33,35,43H,17-18,22-23H2,1-5H3. The Hall–Kier alpha value is -4.14. The van der Waals surface area contributed by atoms with Crippen LogP contribution in [0.1, 0.15) is 90.5 Å². The molecule has 1 aliphatic carbocycles. The maximum Gasteiger partial charge on any atom is 0.416 e. The van der Waals surface area contributed by atoms with E-state index in [1.165, 1.54) is 23.1 Å². The van der Waals surface area contributed by atoms with E-state index in [-0.39, 0.29) is 24.2 Å². The average molecular weight is 640 g/mol. The zero-order chi connectivity index (χ0) is 33.1. The van der Waals surface area contributed by atoms with Gasteiger partial charge in [0.15, 0.2) is 0 Å². The van der Waals surface area contributed by atoms with Gasteiger partial charge in [0.2, 0.25) is 0 Å². The molecule has 5 aromatic rings. The number of aromatic nitrogens is 3. The molecule has 1 aliphatic heterocycles. The van der Waals surface area contributed by atoms with Crippen LogP contribution in [0.2, 0.25) is 0 Å². The second-order valence-corrected chi connectivity index (χ2v) is 13.9. The van der Waals surface area contributed by atoms with E-state index >= 15 is 0 Å². The fraction of sp³-hybridized carbons (Fsp3) is 0.359. The van der Waals surface area contributed by atoms with Crippen LogP contribution in [0.5, 0.6) is 0 Å². The van der Waals surface area contributed by atoms with Gasteiger partial charge in [-0.3, -0.25) is 0 Å². The minimum absolute atomic E-state index is 0.0997. The first-order valence-corrected chi connectivity index (χ1v) is 16.2. The van der Waals surface area contributed by atoms with E-state index in [0.29, 0.717) is 18.6 Å². The van der Waals surface area contributed by atoms with E-state index in [9.17, 15) is 13.2 Å². The van der Waals surface area contributed by atoms with Gasteiger partial charge in [-0.1, -0.05) is 67.6 Å². The Kier molecular flexibility index (Phi) is 7.72. The van der Waals surface area contributed by atoms with Crippen molar-refractivity contribution in [3.63, 3.8) is 0 Å². The predicted molar refractivity (Wildman–Crippen MR) is 179 cm³/mol. The molecule has 1 N–H and O–H groups in total. The normalized spacial score (nSPS) is 21.7. The lowest BCUT2D eigenvalue weighted by molar-refractivity contribution is -0.137. The third kappa shape index (κ3) is 5.41. The van der Waals surface area contributed by atoms with Crippen LogP contribution in [-0.2, 0) is 27.8 Å². The van der Waals surface area contributed by atoms with Gasteiger partial charge >= 0.3 is 6.18 Å². The molecule has 3 unspecified atom stereocenters. The van der Waals surface area contributed by atoms with Crippen LogP contribution in [-0.4, -0.2) is 28.5 Å². The minimum Gasteiger partial charge on any atom is -0.372 e. The molecule has 7 rings (SSSR count). The number of aryl methyl sites for hydroxylation is 1. The summed E-state index contributed by atoms with van der Waals surface area (Å²) in [4.78, 5) is 3.65. The average Bonchev–Trinajstić information content (AvgIpc) is 3.76. The maximum atomic E-state index is 13.8. The molecule has 3 atom stereocenters. The smallest absolute Gasteiger partial charge is 0.372 e. The first kappa shape index (κ1) is 31.5. The fourth-order valence-electron chi connectivity index (χ4n) is 7.93. The minimum atomic E-state index is -4.41. The monoisotopic (exact) mass is 639 g/mol. The highest BCUT2D eigenvalue weighted by Crippen LogP contribution is 2.58. The number of alkyl halides is 3. The van der Waals surface area contributed by atoms with E-state index < -0.39 is 17.2 Å². The van der Waals surface area contributed by atoms with Crippen LogP contribution in [0.15, 0.2) is 78.9 Å². The van der Waals surface area contributed by atoms with Gasteiger partial charge in [0.1, 0.15) is 6.73 Å². The summed E-state index contributed by atoms with van der Waals surface area (Å²) in [5.74, 6) is -0.0997. The number of ether oxygens (including phenoxy) is 2. The number of nitrogens with zero attached hydrogens (tertiary/aromatic N) is 2. The number of nitrogens with one attached hydrogen (secondary N) is 1. The summed E-state index contributed by atoms with van der Waals surface area (Å²) in [7, 11) is 1.66. The SMILES string of the molecule is COCn1nc(C(C)(C)c2[nH]c3ccccc3c2C)cc1C1CC(C)(C2C(c3cccc(C(F)(F)F)c3)=Cc3ccccc32)CCO1. The Balaban J connectivity index is 1.26. The van der Waals surface area contributed by atoms with Crippen LogP contribution < -0.4 is 0 Å². The van der Waals surface area contributed by atoms with Crippen LogP contribution in [0.4, 0.5) is 13.2 Å². The van der Waals surface area contributed by atoms with Crippen molar-refractivity contribution in [2.45, 2.75) is 70.9 Å². The summed E-state index contributed by atoms with van der Waals surface area (Å²) in [6.45, 7) is 9.56. The first-order chi connectivity index (χ1) is 22.4. The Labute approximate surface area is 273 Å². The first-order valence-electron chi connectivity index (χ1n) is 16.2. The third-order valence-electron chi connectivity index (χ3n) is 10.4. The van der Waals surface area contributed by atoms with Crippen molar-refractivity contribution < 1.29 is 22.6 Å². The zero-order valence-corrected chi connectivity index (χ0v) is 27.4. The van der Waals surface area contributed by atoms with Crippen molar-refractivity contribution in [1.82, 2.24) is 14.8 Å². The number of H-pyrrole nitrogens is 1. The Morgan fingerprint density at radius 3 is 2.55 bits per heavy atom. The molecule has 5 nitrogen and oxygen atoms in total. The third-order valence-corrected chi connectivity index (χ3v) is 10.4. The predicted octanol–water partition coefficient (Wildman–Crippen LogP) is 9.82. The number of para-hydroxylation sites is 1. The molecule has 0 amide bonds. The van der Waals surface area contributed by atoms with Crippen molar-refractivity contribution in [3.8, 4) is 0 Å². The van der Waals surface area contributed by atoms with Gasteiger partial charge in [0.25, 0.3) is 0 Å². The Bertz CT molecular complexity index is 1980. The summed E-state index contributed by atoms with van der Waals surface area (Å²) in [5, 5.41) is 6.28. The maximum absolute atomic E-state index is 13.8. The molecule has 244 valence electrons. The lowest BCUT2D eigenvalue weighted by Crippen LogP contribution is -2.35. The Morgan fingerprint density at radius 1 is 1.02 bits per heavy atom. The van der Waals surface area contributed by atoms with Gasteiger partial charge in [-0.2, -0.15) is 18.3 Å². The van der Waals surface area contributed by atoms with Gasteiger partial charge in [-0.25, -0.2) is 4.68 Å². The van der Waals surface area contributed by atoms with Gasteiger partial charge in [0.05, 0.1) is 23.1 Å². The molecule has 2 aromatic heterocycles. The summed E-state index contributed by atoms with van der Waals surface area (Å²) >= 11 is 0. The number of rotatable bonds is 7. The molecule has 3 heterocycles. The quantitative estimate of drug-likeness (QED) is 0.193. The van der Waals surface area contributed by atoms with Crippen molar-refractivity contribution in [3.05, 3.63) is 124 Å². The molecular formula is C39H40F3N3O2. The molecule has 0 radical (unpaired) electrons. The molecular weight excluding hydrogens is 599 g/mol. The van der Waals surface area contributed by atoms with Crippen LogP contribution in [0.3, 0.4) is 0 Å². The number of hydrogen-bond donors (Lipinski definition) is 1. The molecule has 2 aliphatic rings. The van der Waals surface area contributed by atoms with E-state index in [1.54, 1.807) is 13.2 Å². The molecule has 8 heteroatoms. The zero-order valence-electron chi connectivity index (χ0n) is 27.4. The molecule has 0 bridgehead atoms. The lowest BCUT2D eigenvalue weighted by Gasteiger charge is -2.44. The van der Waals surface area contributed by atoms with Crippen molar-refractivity contribution in [2.75, 3.05) is 13.7 Å². The van der Waals surface area contributed by atoms with E-state index in [2.05, 4.69) is 75.2 Å². The summed E-state index contributed by atoms with van der Waals surface area (Å²) in [6, 6.07) is 24.4. The van der Waals surface area contributed by atoms with Crippen molar-refractivity contribution in [2.24, 2.45) is 5.41 Å². The molecule has 47 heavy (non-hydrogen) atoms. The largest absolute Gasteiger partial charge is 0.416 e. The second-order valence-electron chi connectivity index (χ2n) is 13.9. The fourth-order valence-corrected chi connectivity index (χ4v) is 7.93. The van der Waals surface area contributed by atoms with Crippen molar-refractivity contribution >= 4 is 22.6 Å². The number of hydrogen-bond acceptors (Lipinski definition) is 3. The van der Waals surface area contributed by atoms with Gasteiger partial charge in [-0.15, -0.1) is 0 Å². The van der Waals surface area contributed by atoms with E-state index in [0.717, 1.165) is 51.8 Å². The second kappa shape index (κ2) is 11.5. The highest BCUT2D eigenvalue weighted by molar-refractivity contribution is 5.92. The molecule has 1 saturated heterocycles. The van der Waals surface area contributed by atoms with Gasteiger partial charge in [0, 0.05) is 41.6 Å². The summed E-state index contributed by atoms with van der Waals surface area (Å²) in [6.07, 6.45) is -1.18. The lowest BCUT2D eigenvalue weighted by atomic mass is 9.64. The molecule has 0 saturated carbocycles.